The van der Waals surface area contributed by atoms with E-state index in [1.54, 1.807) is 11.8 Å². The zero-order valence-electron chi connectivity index (χ0n) is 22.9. The molecule has 5 rings (SSSR count). The van der Waals surface area contributed by atoms with Crippen LogP contribution in [0.2, 0.25) is 0 Å². The van der Waals surface area contributed by atoms with Crippen molar-refractivity contribution >= 4 is 22.8 Å². The van der Waals surface area contributed by atoms with Crippen LogP contribution in [0.25, 0.3) is 28.0 Å². The summed E-state index contributed by atoms with van der Waals surface area (Å²) in [7, 11) is 0. The van der Waals surface area contributed by atoms with Crippen molar-refractivity contribution in [1.29, 1.82) is 0 Å². The number of rotatable bonds is 6. The number of fused-ring (bicyclic) bond motifs is 1. The molecule has 1 aromatic carbocycles. The number of carbonyl (C=O) groups excluding carboxylic acids is 1. The molecule has 1 fully saturated rings. The number of phenolic OH excluding ortho intramolecular Hbond substituents is 1. The standard InChI is InChI=1S/C29H29F2N7O3/c1-5-8-21-26(17(4)32-15-33-21)38-28-18(13-20(31)25(34-28)24-19(30)9-7-10-22(24)39)27(35-29(38)41)37-12-11-36(14-16(37)3)23(40)6-2/h6-7,9-10,13,15-16,39H,2,5,8,11-12,14H2,1,3-4H3/t16-/m0/s1. The molecule has 3 aromatic heterocycles. The van der Waals surface area contributed by atoms with Crippen molar-refractivity contribution in [3.05, 3.63) is 76.8 Å². The Bertz CT molecular complexity index is 1720. The molecule has 0 radical (unpaired) electrons. The lowest BCUT2D eigenvalue weighted by Crippen LogP contribution is -2.54. The second kappa shape index (κ2) is 11.0. The number of benzene rings is 1. The largest absolute Gasteiger partial charge is 0.507 e. The molecule has 0 unspecified atom stereocenters. The highest BCUT2D eigenvalue weighted by atomic mass is 19.1. The van der Waals surface area contributed by atoms with E-state index in [0.29, 0.717) is 43.1 Å². The predicted molar refractivity (Wildman–Crippen MR) is 150 cm³/mol. The summed E-state index contributed by atoms with van der Waals surface area (Å²) in [5.41, 5.74) is -0.172. The number of nitrogens with zero attached hydrogens (tertiary/aromatic N) is 7. The maximum absolute atomic E-state index is 15.8. The van der Waals surface area contributed by atoms with Crippen LogP contribution in [0.15, 0.2) is 48.0 Å². The van der Waals surface area contributed by atoms with Gasteiger partial charge >= 0.3 is 5.69 Å². The van der Waals surface area contributed by atoms with Gasteiger partial charge in [-0.2, -0.15) is 4.98 Å². The van der Waals surface area contributed by atoms with E-state index in [4.69, 9.17) is 0 Å². The van der Waals surface area contributed by atoms with Gasteiger partial charge in [0.05, 0.1) is 28.0 Å². The van der Waals surface area contributed by atoms with Crippen LogP contribution in [0.3, 0.4) is 0 Å². The quantitative estimate of drug-likeness (QED) is 0.354. The van der Waals surface area contributed by atoms with Gasteiger partial charge in [-0.1, -0.05) is 26.0 Å². The third-order valence-corrected chi connectivity index (χ3v) is 7.21. The lowest BCUT2D eigenvalue weighted by molar-refractivity contribution is -0.126. The van der Waals surface area contributed by atoms with Crippen LogP contribution in [0.1, 0.15) is 31.7 Å². The lowest BCUT2D eigenvalue weighted by Gasteiger charge is -2.40. The second-order valence-electron chi connectivity index (χ2n) is 9.91. The van der Waals surface area contributed by atoms with Gasteiger partial charge in [-0.05, 0) is 44.5 Å². The van der Waals surface area contributed by atoms with E-state index < -0.39 is 34.3 Å². The summed E-state index contributed by atoms with van der Waals surface area (Å²) in [5, 5.41) is 10.6. The normalized spacial score (nSPS) is 15.4. The summed E-state index contributed by atoms with van der Waals surface area (Å²) in [4.78, 5) is 47.0. The van der Waals surface area contributed by atoms with E-state index in [2.05, 4.69) is 26.5 Å². The molecule has 0 saturated carbocycles. The molecule has 1 saturated heterocycles. The third kappa shape index (κ3) is 4.90. The average molecular weight is 562 g/mol. The van der Waals surface area contributed by atoms with Gasteiger partial charge in [-0.3, -0.25) is 4.79 Å². The summed E-state index contributed by atoms with van der Waals surface area (Å²) in [6.07, 6.45) is 3.89. The first kappa shape index (κ1) is 27.8. The Labute approximate surface area is 234 Å². The molecule has 0 bridgehead atoms. The highest BCUT2D eigenvalue weighted by Crippen LogP contribution is 2.36. The molecule has 12 heteroatoms. The molecule has 1 aliphatic heterocycles. The monoisotopic (exact) mass is 561 g/mol. The van der Waals surface area contributed by atoms with E-state index in [1.807, 2.05) is 18.7 Å². The van der Waals surface area contributed by atoms with E-state index >= 15 is 4.39 Å². The zero-order chi connectivity index (χ0) is 29.4. The van der Waals surface area contributed by atoms with Crippen LogP contribution in [-0.4, -0.2) is 66.1 Å². The van der Waals surface area contributed by atoms with E-state index in [9.17, 15) is 19.1 Å². The van der Waals surface area contributed by atoms with E-state index in [0.717, 1.165) is 18.6 Å². The smallest absolute Gasteiger partial charge is 0.355 e. The predicted octanol–water partition coefficient (Wildman–Crippen LogP) is 3.71. The fourth-order valence-corrected chi connectivity index (χ4v) is 5.28. The highest BCUT2D eigenvalue weighted by molar-refractivity contribution is 5.91. The molecule has 0 spiro atoms. The average Bonchev–Trinajstić information content (AvgIpc) is 2.94. The van der Waals surface area contributed by atoms with Gasteiger partial charge in [0.25, 0.3) is 0 Å². The molecule has 1 amide bonds. The van der Waals surface area contributed by atoms with Crippen molar-refractivity contribution in [2.75, 3.05) is 24.5 Å². The van der Waals surface area contributed by atoms with Crippen molar-refractivity contribution in [1.82, 2.24) is 29.4 Å². The van der Waals surface area contributed by atoms with Crippen molar-refractivity contribution in [3.63, 3.8) is 0 Å². The fourth-order valence-electron chi connectivity index (χ4n) is 5.28. The van der Waals surface area contributed by atoms with Crippen LogP contribution in [-0.2, 0) is 11.2 Å². The van der Waals surface area contributed by atoms with Crippen LogP contribution in [0.4, 0.5) is 14.6 Å². The number of aromatic nitrogens is 5. The van der Waals surface area contributed by atoms with Crippen LogP contribution >= 0.6 is 0 Å². The van der Waals surface area contributed by atoms with Crippen LogP contribution in [0, 0.1) is 18.6 Å². The van der Waals surface area contributed by atoms with Crippen LogP contribution in [0.5, 0.6) is 5.75 Å². The number of phenols is 1. The van der Waals surface area contributed by atoms with Crippen molar-refractivity contribution < 1.29 is 18.7 Å². The van der Waals surface area contributed by atoms with Gasteiger partial charge in [0.15, 0.2) is 11.5 Å². The second-order valence-corrected chi connectivity index (χ2v) is 9.91. The topological polar surface area (TPSA) is 117 Å². The highest BCUT2D eigenvalue weighted by Gasteiger charge is 2.31. The number of aryl methyl sites for hydroxylation is 2. The van der Waals surface area contributed by atoms with Crippen molar-refractivity contribution in [2.24, 2.45) is 0 Å². The number of hydrogen-bond donors (Lipinski definition) is 1. The zero-order valence-corrected chi connectivity index (χ0v) is 22.9. The molecular weight excluding hydrogens is 532 g/mol. The maximum Gasteiger partial charge on any atom is 0.355 e. The van der Waals surface area contributed by atoms with Gasteiger partial charge < -0.3 is 14.9 Å². The Morgan fingerprint density at radius 2 is 1.98 bits per heavy atom. The van der Waals surface area contributed by atoms with Gasteiger partial charge in [0.1, 0.15) is 29.4 Å². The lowest BCUT2D eigenvalue weighted by atomic mass is 10.1. The van der Waals surface area contributed by atoms with E-state index in [-0.39, 0.29) is 28.8 Å². The number of aromatic hydroxyl groups is 1. The molecule has 4 aromatic rings. The number of pyridine rings is 1. The summed E-state index contributed by atoms with van der Waals surface area (Å²) in [6.45, 7) is 10.1. The van der Waals surface area contributed by atoms with Crippen molar-refractivity contribution in [3.8, 4) is 22.7 Å². The summed E-state index contributed by atoms with van der Waals surface area (Å²) in [6, 6.07) is 4.48. The Hall–Kier alpha value is -4.74. The van der Waals surface area contributed by atoms with Gasteiger partial charge in [-0.25, -0.2) is 33.1 Å². The number of hydrogen-bond acceptors (Lipinski definition) is 8. The molecule has 0 aliphatic carbocycles. The van der Waals surface area contributed by atoms with Gasteiger partial charge in [0.2, 0.25) is 5.91 Å². The molecular formula is C29H29F2N7O3. The Balaban J connectivity index is 1.82. The number of piperazine rings is 1. The fraction of sp³-hybridized carbons (Fsp3) is 0.310. The molecule has 212 valence electrons. The molecule has 10 nitrogen and oxygen atoms in total. The molecule has 1 N–H and O–H groups in total. The summed E-state index contributed by atoms with van der Waals surface area (Å²) in [5.74, 6) is -2.31. The minimum absolute atomic E-state index is 0.00565. The van der Waals surface area contributed by atoms with Crippen molar-refractivity contribution in [2.45, 2.75) is 39.7 Å². The Morgan fingerprint density at radius 3 is 2.66 bits per heavy atom. The Morgan fingerprint density at radius 1 is 1.20 bits per heavy atom. The summed E-state index contributed by atoms with van der Waals surface area (Å²) < 4.78 is 31.9. The van der Waals surface area contributed by atoms with E-state index in [1.165, 1.54) is 29.1 Å². The van der Waals surface area contributed by atoms with Crippen LogP contribution < -0.4 is 10.6 Å². The first-order valence-corrected chi connectivity index (χ1v) is 13.3. The molecule has 1 atom stereocenters. The SMILES string of the molecule is C=CC(=O)N1CCN(c2nc(=O)n(-c3c(C)ncnc3CCC)c3nc(-c4c(O)cccc4F)c(F)cc23)[C@@H](C)C1. The van der Waals surface area contributed by atoms with Gasteiger partial charge in [0, 0.05) is 25.7 Å². The molecule has 1 aliphatic rings. The number of carbonyl (C=O) groups is 1. The maximum atomic E-state index is 15.8. The Kier molecular flexibility index (Phi) is 7.48. The summed E-state index contributed by atoms with van der Waals surface area (Å²) >= 11 is 0. The number of amides is 1. The number of anilines is 1. The number of halogens is 2. The first-order valence-electron chi connectivity index (χ1n) is 13.3. The van der Waals surface area contributed by atoms with Gasteiger partial charge in [-0.15, -0.1) is 0 Å². The minimum Gasteiger partial charge on any atom is -0.507 e. The molecule has 41 heavy (non-hydrogen) atoms. The first-order chi connectivity index (χ1) is 19.7. The molecule has 4 heterocycles. The minimum atomic E-state index is -0.908. The third-order valence-electron chi connectivity index (χ3n) is 7.21.